The quantitative estimate of drug-likeness (QED) is 0.869. The van der Waals surface area contributed by atoms with Gasteiger partial charge < -0.3 is 10.4 Å². The summed E-state index contributed by atoms with van der Waals surface area (Å²) in [6, 6.07) is 6.30. The molecular formula is C16H22F3NO. The predicted molar refractivity (Wildman–Crippen MR) is 75.8 cm³/mol. The van der Waals surface area contributed by atoms with Crippen molar-refractivity contribution in [3.05, 3.63) is 35.9 Å². The number of aliphatic hydroxyl groups excluding tert-OH is 1. The zero-order valence-corrected chi connectivity index (χ0v) is 11.9. The molecule has 1 saturated carbocycles. The monoisotopic (exact) mass is 301 g/mol. The second-order valence-electron chi connectivity index (χ2n) is 5.78. The van der Waals surface area contributed by atoms with E-state index in [1.54, 1.807) is 18.2 Å². The van der Waals surface area contributed by atoms with Gasteiger partial charge in [-0.3, -0.25) is 0 Å². The van der Waals surface area contributed by atoms with E-state index >= 15 is 0 Å². The smallest absolute Gasteiger partial charge is 0.396 e. The lowest BCUT2D eigenvalue weighted by Gasteiger charge is -2.32. The molecule has 21 heavy (non-hydrogen) atoms. The van der Waals surface area contributed by atoms with E-state index in [0.29, 0.717) is 6.54 Å². The minimum Gasteiger partial charge on any atom is -0.396 e. The Morgan fingerprint density at radius 2 is 1.71 bits per heavy atom. The summed E-state index contributed by atoms with van der Waals surface area (Å²) in [5, 5.41) is 12.0. The molecule has 1 aliphatic rings. The van der Waals surface area contributed by atoms with Gasteiger partial charge in [0.15, 0.2) is 0 Å². The maximum atomic E-state index is 13.2. The van der Waals surface area contributed by atoms with Crippen LogP contribution in [0.15, 0.2) is 30.3 Å². The van der Waals surface area contributed by atoms with Gasteiger partial charge in [-0.05, 0) is 36.8 Å². The molecule has 1 aromatic carbocycles. The van der Waals surface area contributed by atoms with Gasteiger partial charge in [-0.1, -0.05) is 43.2 Å². The zero-order chi connectivity index (χ0) is 15.3. The molecule has 2 rings (SSSR count). The van der Waals surface area contributed by atoms with Crippen LogP contribution in [-0.4, -0.2) is 24.4 Å². The molecule has 2 N–H and O–H groups in total. The highest BCUT2D eigenvalue weighted by molar-refractivity contribution is 5.20. The molecule has 0 aromatic heterocycles. The molecular weight excluding hydrogens is 279 g/mol. The molecule has 5 heteroatoms. The molecule has 1 aliphatic carbocycles. The van der Waals surface area contributed by atoms with E-state index in [-0.39, 0.29) is 24.0 Å². The van der Waals surface area contributed by atoms with E-state index in [4.69, 9.17) is 0 Å². The van der Waals surface area contributed by atoms with E-state index in [1.165, 1.54) is 12.1 Å². The largest absolute Gasteiger partial charge is 0.407 e. The number of alkyl halides is 3. The Morgan fingerprint density at radius 3 is 2.29 bits per heavy atom. The Balaban J connectivity index is 2.03. The first-order chi connectivity index (χ1) is 10.0. The minimum absolute atomic E-state index is 0.0639. The second kappa shape index (κ2) is 7.27. The molecule has 3 unspecified atom stereocenters. The van der Waals surface area contributed by atoms with E-state index in [2.05, 4.69) is 5.32 Å². The van der Waals surface area contributed by atoms with Crippen LogP contribution in [0.2, 0.25) is 0 Å². The molecule has 1 aromatic rings. The standard InChI is InChI=1S/C16H22F3NO/c17-16(18,19)15(12-6-2-1-3-7-12)20-10-13-8-4-5-9-14(13)11-21/h1-3,6-7,13-15,20-21H,4-5,8-11H2. The van der Waals surface area contributed by atoms with Gasteiger partial charge in [-0.25, -0.2) is 0 Å². The summed E-state index contributed by atoms with van der Waals surface area (Å²) in [5.74, 6) is 0.244. The summed E-state index contributed by atoms with van der Waals surface area (Å²) in [6.07, 6.45) is -0.429. The first kappa shape index (κ1) is 16.3. The van der Waals surface area contributed by atoms with Gasteiger partial charge in [0.25, 0.3) is 0 Å². The average Bonchev–Trinajstić information content (AvgIpc) is 2.47. The summed E-state index contributed by atoms with van der Waals surface area (Å²) in [5.41, 5.74) is 0.237. The Kier molecular flexibility index (Phi) is 5.65. The molecule has 0 spiro atoms. The maximum Gasteiger partial charge on any atom is 0.407 e. The highest BCUT2D eigenvalue weighted by Gasteiger charge is 2.41. The fourth-order valence-corrected chi connectivity index (χ4v) is 3.13. The van der Waals surface area contributed by atoms with Gasteiger partial charge in [0.1, 0.15) is 6.04 Å². The number of benzene rings is 1. The average molecular weight is 301 g/mol. The van der Waals surface area contributed by atoms with Gasteiger partial charge in [0.05, 0.1) is 0 Å². The maximum absolute atomic E-state index is 13.2. The van der Waals surface area contributed by atoms with Gasteiger partial charge in [-0.2, -0.15) is 13.2 Å². The molecule has 0 aliphatic heterocycles. The van der Waals surface area contributed by atoms with Crippen LogP contribution in [0, 0.1) is 11.8 Å². The first-order valence-corrected chi connectivity index (χ1v) is 7.48. The summed E-state index contributed by atoms with van der Waals surface area (Å²) < 4.78 is 39.7. The lowest BCUT2D eigenvalue weighted by Crippen LogP contribution is -2.39. The molecule has 118 valence electrons. The van der Waals surface area contributed by atoms with Crippen LogP contribution in [0.4, 0.5) is 13.2 Å². The van der Waals surface area contributed by atoms with Gasteiger partial charge in [0.2, 0.25) is 0 Å². The van der Waals surface area contributed by atoms with Crippen LogP contribution >= 0.6 is 0 Å². The minimum atomic E-state index is -4.31. The van der Waals surface area contributed by atoms with Crippen molar-refractivity contribution in [2.75, 3.05) is 13.2 Å². The first-order valence-electron chi connectivity index (χ1n) is 7.48. The van der Waals surface area contributed by atoms with E-state index in [0.717, 1.165) is 25.7 Å². The number of hydrogen-bond donors (Lipinski definition) is 2. The van der Waals surface area contributed by atoms with Crippen molar-refractivity contribution in [3.63, 3.8) is 0 Å². The van der Waals surface area contributed by atoms with Gasteiger partial charge in [0, 0.05) is 6.61 Å². The summed E-state index contributed by atoms with van der Waals surface area (Å²) in [4.78, 5) is 0. The summed E-state index contributed by atoms with van der Waals surface area (Å²) in [7, 11) is 0. The number of nitrogens with one attached hydrogen (secondary N) is 1. The lowest BCUT2D eigenvalue weighted by atomic mass is 9.79. The fraction of sp³-hybridized carbons (Fsp3) is 0.625. The third kappa shape index (κ3) is 4.45. The van der Waals surface area contributed by atoms with Gasteiger partial charge in [-0.15, -0.1) is 0 Å². The normalized spacial score (nSPS) is 24.8. The van der Waals surface area contributed by atoms with Crippen molar-refractivity contribution in [1.82, 2.24) is 5.32 Å². The van der Waals surface area contributed by atoms with Crippen LogP contribution in [-0.2, 0) is 0 Å². The van der Waals surface area contributed by atoms with E-state index < -0.39 is 12.2 Å². The van der Waals surface area contributed by atoms with Crippen molar-refractivity contribution >= 4 is 0 Å². The third-order valence-corrected chi connectivity index (χ3v) is 4.35. The third-order valence-electron chi connectivity index (χ3n) is 4.35. The molecule has 0 heterocycles. The number of hydrogen-bond acceptors (Lipinski definition) is 2. The number of halogens is 3. The van der Waals surface area contributed by atoms with E-state index in [9.17, 15) is 18.3 Å². The van der Waals surface area contributed by atoms with Crippen LogP contribution in [0.3, 0.4) is 0 Å². The van der Waals surface area contributed by atoms with Crippen LogP contribution in [0.5, 0.6) is 0 Å². The number of aliphatic hydroxyl groups is 1. The molecule has 0 bridgehead atoms. The second-order valence-corrected chi connectivity index (χ2v) is 5.78. The Labute approximate surface area is 123 Å². The summed E-state index contributed by atoms with van der Waals surface area (Å²) in [6.45, 7) is 0.360. The lowest BCUT2D eigenvalue weighted by molar-refractivity contribution is -0.158. The van der Waals surface area contributed by atoms with Crippen LogP contribution in [0.1, 0.15) is 37.3 Å². The molecule has 3 atom stereocenters. The van der Waals surface area contributed by atoms with Crippen molar-refractivity contribution in [1.29, 1.82) is 0 Å². The molecule has 0 amide bonds. The van der Waals surface area contributed by atoms with Crippen molar-refractivity contribution in [2.24, 2.45) is 11.8 Å². The Bertz CT molecular complexity index is 421. The van der Waals surface area contributed by atoms with Crippen molar-refractivity contribution in [3.8, 4) is 0 Å². The zero-order valence-electron chi connectivity index (χ0n) is 11.9. The highest BCUT2D eigenvalue weighted by Crippen LogP contribution is 2.34. The molecule has 0 saturated heterocycles. The van der Waals surface area contributed by atoms with E-state index in [1.807, 2.05) is 0 Å². The molecule has 0 radical (unpaired) electrons. The Morgan fingerprint density at radius 1 is 1.10 bits per heavy atom. The van der Waals surface area contributed by atoms with Crippen LogP contribution < -0.4 is 5.32 Å². The fourth-order valence-electron chi connectivity index (χ4n) is 3.13. The Hall–Kier alpha value is -1.07. The number of rotatable bonds is 5. The SMILES string of the molecule is OCC1CCCCC1CNC(c1ccccc1)C(F)(F)F. The van der Waals surface area contributed by atoms with Gasteiger partial charge >= 0.3 is 6.18 Å². The highest BCUT2D eigenvalue weighted by atomic mass is 19.4. The molecule has 1 fully saturated rings. The summed E-state index contributed by atoms with van der Waals surface area (Å²) >= 11 is 0. The van der Waals surface area contributed by atoms with Crippen molar-refractivity contribution in [2.45, 2.75) is 37.9 Å². The molecule has 2 nitrogen and oxygen atoms in total. The topological polar surface area (TPSA) is 32.3 Å². The van der Waals surface area contributed by atoms with Crippen LogP contribution in [0.25, 0.3) is 0 Å². The van der Waals surface area contributed by atoms with Crippen molar-refractivity contribution < 1.29 is 18.3 Å². The predicted octanol–water partition coefficient (Wildman–Crippen LogP) is 3.68.